The standard InChI is InChI=1S/C13H19ClO/c1-9(2)15-12-7-10(13(3,4)5)6-11(14)8-12/h6-9H,1-5H3. The van der Waals surface area contributed by atoms with E-state index in [0.29, 0.717) is 0 Å². The van der Waals surface area contributed by atoms with Crippen molar-refractivity contribution in [3.63, 3.8) is 0 Å². The van der Waals surface area contributed by atoms with Gasteiger partial charge in [-0.1, -0.05) is 32.4 Å². The van der Waals surface area contributed by atoms with Crippen molar-refractivity contribution in [2.75, 3.05) is 0 Å². The summed E-state index contributed by atoms with van der Waals surface area (Å²) < 4.78 is 5.65. The summed E-state index contributed by atoms with van der Waals surface area (Å²) in [4.78, 5) is 0. The first-order valence-corrected chi connectivity index (χ1v) is 5.64. The van der Waals surface area contributed by atoms with E-state index in [1.54, 1.807) is 0 Å². The van der Waals surface area contributed by atoms with Gasteiger partial charge >= 0.3 is 0 Å². The lowest BCUT2D eigenvalue weighted by molar-refractivity contribution is 0.242. The molecule has 0 unspecified atom stereocenters. The maximum atomic E-state index is 6.06. The molecule has 1 nitrogen and oxygen atoms in total. The SMILES string of the molecule is CC(C)Oc1cc(Cl)cc(C(C)(C)C)c1. The van der Waals surface area contributed by atoms with Crippen LogP contribution in [0, 0.1) is 0 Å². The molecule has 84 valence electrons. The van der Waals surface area contributed by atoms with Crippen molar-refractivity contribution in [1.82, 2.24) is 0 Å². The summed E-state index contributed by atoms with van der Waals surface area (Å²) in [5.74, 6) is 0.849. The van der Waals surface area contributed by atoms with E-state index in [2.05, 4.69) is 26.8 Å². The fraction of sp³-hybridized carbons (Fsp3) is 0.538. The third kappa shape index (κ3) is 3.75. The minimum atomic E-state index is 0.0972. The zero-order valence-electron chi connectivity index (χ0n) is 10.1. The molecule has 0 spiro atoms. The molecule has 0 aliphatic heterocycles. The molecule has 1 aromatic rings. The first-order chi connectivity index (χ1) is 6.79. The summed E-state index contributed by atoms with van der Waals surface area (Å²) in [7, 11) is 0. The molecule has 0 aliphatic carbocycles. The highest BCUT2D eigenvalue weighted by atomic mass is 35.5. The Labute approximate surface area is 97.4 Å². The first-order valence-electron chi connectivity index (χ1n) is 5.27. The third-order valence-corrected chi connectivity index (χ3v) is 2.33. The molecule has 15 heavy (non-hydrogen) atoms. The lowest BCUT2D eigenvalue weighted by Crippen LogP contribution is -2.12. The summed E-state index contributed by atoms with van der Waals surface area (Å²) in [5, 5.41) is 0.734. The monoisotopic (exact) mass is 226 g/mol. The van der Waals surface area contributed by atoms with Gasteiger partial charge in [-0.15, -0.1) is 0 Å². The summed E-state index contributed by atoms with van der Waals surface area (Å²) >= 11 is 6.06. The predicted molar refractivity (Wildman–Crippen MR) is 65.9 cm³/mol. The molecule has 0 saturated carbocycles. The highest BCUT2D eigenvalue weighted by molar-refractivity contribution is 6.30. The molecule has 0 atom stereocenters. The Morgan fingerprint density at radius 1 is 1.13 bits per heavy atom. The molecule has 0 bridgehead atoms. The van der Waals surface area contributed by atoms with Gasteiger partial charge < -0.3 is 4.74 Å². The van der Waals surface area contributed by atoms with Gasteiger partial charge in [0.25, 0.3) is 0 Å². The summed E-state index contributed by atoms with van der Waals surface area (Å²) in [6.07, 6.45) is 0.177. The van der Waals surface area contributed by atoms with E-state index in [9.17, 15) is 0 Å². The van der Waals surface area contributed by atoms with Crippen LogP contribution in [0.5, 0.6) is 5.75 Å². The van der Waals surface area contributed by atoms with Crippen molar-refractivity contribution in [2.24, 2.45) is 0 Å². The van der Waals surface area contributed by atoms with Crippen LogP contribution in [0.25, 0.3) is 0 Å². The highest BCUT2D eigenvalue weighted by Crippen LogP contribution is 2.29. The summed E-state index contributed by atoms with van der Waals surface area (Å²) in [6, 6.07) is 5.91. The fourth-order valence-corrected chi connectivity index (χ4v) is 1.56. The highest BCUT2D eigenvalue weighted by Gasteiger charge is 2.15. The first kappa shape index (κ1) is 12.4. The number of hydrogen-bond acceptors (Lipinski definition) is 1. The van der Waals surface area contributed by atoms with Crippen LogP contribution in [0.4, 0.5) is 0 Å². The van der Waals surface area contributed by atoms with E-state index in [-0.39, 0.29) is 11.5 Å². The summed E-state index contributed by atoms with van der Waals surface area (Å²) in [6.45, 7) is 10.5. The van der Waals surface area contributed by atoms with Crippen LogP contribution in [0.1, 0.15) is 40.2 Å². The maximum Gasteiger partial charge on any atom is 0.121 e. The van der Waals surface area contributed by atoms with E-state index in [4.69, 9.17) is 16.3 Å². The average molecular weight is 227 g/mol. The van der Waals surface area contributed by atoms with Crippen LogP contribution in [0.2, 0.25) is 5.02 Å². The van der Waals surface area contributed by atoms with Gasteiger partial charge in [-0.05, 0) is 43.0 Å². The largest absolute Gasteiger partial charge is 0.491 e. The Morgan fingerprint density at radius 3 is 2.20 bits per heavy atom. The minimum absolute atomic E-state index is 0.0972. The second-order valence-corrected chi connectivity index (χ2v) is 5.53. The topological polar surface area (TPSA) is 9.23 Å². The van der Waals surface area contributed by atoms with Gasteiger partial charge in [-0.3, -0.25) is 0 Å². The van der Waals surface area contributed by atoms with Crippen molar-refractivity contribution in [3.05, 3.63) is 28.8 Å². The Kier molecular flexibility index (Phi) is 3.67. The van der Waals surface area contributed by atoms with E-state index in [1.807, 2.05) is 26.0 Å². The van der Waals surface area contributed by atoms with Crippen LogP contribution in [-0.4, -0.2) is 6.10 Å². The second-order valence-electron chi connectivity index (χ2n) is 5.09. The number of rotatable bonds is 2. The molecule has 0 saturated heterocycles. The van der Waals surface area contributed by atoms with Crippen molar-refractivity contribution in [1.29, 1.82) is 0 Å². The van der Waals surface area contributed by atoms with Gasteiger partial charge in [0.05, 0.1) is 6.10 Å². The molecule has 0 aliphatic rings. The van der Waals surface area contributed by atoms with Crippen LogP contribution < -0.4 is 4.74 Å². The van der Waals surface area contributed by atoms with Gasteiger partial charge in [0.15, 0.2) is 0 Å². The average Bonchev–Trinajstić information content (AvgIpc) is 1.99. The lowest BCUT2D eigenvalue weighted by Gasteiger charge is -2.21. The molecule has 0 aromatic heterocycles. The molecule has 0 heterocycles. The Morgan fingerprint density at radius 2 is 1.73 bits per heavy atom. The third-order valence-electron chi connectivity index (χ3n) is 2.11. The van der Waals surface area contributed by atoms with Crippen molar-refractivity contribution in [3.8, 4) is 5.75 Å². The van der Waals surface area contributed by atoms with E-state index < -0.39 is 0 Å². The Bertz CT molecular complexity index is 337. The molecular weight excluding hydrogens is 208 g/mol. The smallest absolute Gasteiger partial charge is 0.121 e. The van der Waals surface area contributed by atoms with Gasteiger partial charge in [-0.2, -0.15) is 0 Å². The molecule has 1 aromatic carbocycles. The second kappa shape index (κ2) is 4.44. The van der Waals surface area contributed by atoms with Gasteiger partial charge in [0.2, 0.25) is 0 Å². The van der Waals surface area contributed by atoms with Crippen molar-refractivity contribution >= 4 is 11.6 Å². The Balaban J connectivity index is 3.06. The van der Waals surface area contributed by atoms with Gasteiger partial charge in [0.1, 0.15) is 5.75 Å². The van der Waals surface area contributed by atoms with Crippen molar-refractivity contribution in [2.45, 2.75) is 46.1 Å². The molecular formula is C13H19ClO. The number of ether oxygens (including phenoxy) is 1. The predicted octanol–water partition coefficient (Wildman–Crippen LogP) is 4.42. The van der Waals surface area contributed by atoms with Crippen LogP contribution in [0.3, 0.4) is 0 Å². The number of halogens is 1. The zero-order valence-corrected chi connectivity index (χ0v) is 10.9. The molecule has 1 rings (SSSR count). The summed E-state index contributed by atoms with van der Waals surface area (Å²) in [5.41, 5.74) is 1.30. The minimum Gasteiger partial charge on any atom is -0.491 e. The number of benzene rings is 1. The normalized spacial score (nSPS) is 11.9. The molecule has 2 heteroatoms. The Hall–Kier alpha value is -0.690. The van der Waals surface area contributed by atoms with Gasteiger partial charge in [0, 0.05) is 5.02 Å². The van der Waals surface area contributed by atoms with Crippen LogP contribution in [0.15, 0.2) is 18.2 Å². The fourth-order valence-electron chi connectivity index (χ4n) is 1.34. The lowest BCUT2D eigenvalue weighted by atomic mass is 9.87. The van der Waals surface area contributed by atoms with E-state index in [1.165, 1.54) is 5.56 Å². The molecule has 0 N–H and O–H groups in total. The van der Waals surface area contributed by atoms with E-state index >= 15 is 0 Å². The zero-order chi connectivity index (χ0) is 11.6. The maximum absolute atomic E-state index is 6.06. The number of hydrogen-bond donors (Lipinski definition) is 0. The van der Waals surface area contributed by atoms with Gasteiger partial charge in [-0.25, -0.2) is 0 Å². The molecule has 0 amide bonds. The molecule has 0 fully saturated rings. The van der Waals surface area contributed by atoms with Crippen LogP contribution >= 0.6 is 11.6 Å². The van der Waals surface area contributed by atoms with Crippen molar-refractivity contribution < 1.29 is 4.74 Å². The van der Waals surface area contributed by atoms with Crippen LogP contribution in [-0.2, 0) is 5.41 Å². The molecule has 0 radical (unpaired) electrons. The quantitative estimate of drug-likeness (QED) is 0.725. The van der Waals surface area contributed by atoms with E-state index in [0.717, 1.165) is 10.8 Å².